The topological polar surface area (TPSA) is 24.7 Å². The normalized spacial score (nSPS) is 12.1. The number of nitrogens with zero attached hydrogens (tertiary/aromatic N) is 2. The van der Waals surface area contributed by atoms with E-state index in [4.69, 9.17) is 9.98 Å². The molecule has 356 valence electrons. The van der Waals surface area contributed by atoms with Crippen molar-refractivity contribution in [2.75, 3.05) is 0 Å². The number of rotatable bonds is 43. The molecule has 0 amide bonds. The Balaban J connectivity index is 0.0000192. The molecule has 0 heterocycles. The van der Waals surface area contributed by atoms with Crippen LogP contribution in [0.1, 0.15) is 276 Å². The zero-order valence-corrected chi connectivity index (χ0v) is 42.5. The van der Waals surface area contributed by atoms with E-state index in [0.29, 0.717) is 0 Å². The molecule has 0 aliphatic carbocycles. The molecule has 0 bridgehead atoms. The molecular formula is C59H100N2Ni. The van der Waals surface area contributed by atoms with E-state index in [-0.39, 0.29) is 16.5 Å². The molecule has 0 unspecified atom stereocenters. The van der Waals surface area contributed by atoms with E-state index >= 15 is 0 Å². The third-order valence-electron chi connectivity index (χ3n) is 12.9. The predicted octanol–water partition coefficient (Wildman–Crippen LogP) is 20.7. The zero-order chi connectivity index (χ0) is 43.5. The van der Waals surface area contributed by atoms with Crippen LogP contribution in [0.5, 0.6) is 0 Å². The van der Waals surface area contributed by atoms with E-state index in [9.17, 15) is 0 Å². The van der Waals surface area contributed by atoms with Crippen LogP contribution >= 0.6 is 0 Å². The summed E-state index contributed by atoms with van der Waals surface area (Å²) in [6.07, 6.45) is 57.8. The Morgan fingerprint density at radius 3 is 0.935 bits per heavy atom. The molecule has 0 aliphatic heterocycles. The van der Waals surface area contributed by atoms with E-state index in [1.165, 1.54) is 249 Å². The first-order valence-electron chi connectivity index (χ1n) is 27.2. The van der Waals surface area contributed by atoms with Crippen molar-refractivity contribution >= 4 is 22.8 Å². The first-order chi connectivity index (χ1) is 30.2. The molecule has 2 aromatic carbocycles. The van der Waals surface area contributed by atoms with Crippen LogP contribution in [-0.4, -0.2) is 11.4 Å². The van der Waals surface area contributed by atoms with Gasteiger partial charge < -0.3 is 0 Å². The molecule has 0 aliphatic rings. The number of unbranched alkanes of at least 4 members (excludes halogenated alkanes) is 33. The van der Waals surface area contributed by atoms with Crippen LogP contribution in [0.15, 0.2) is 70.7 Å². The molecule has 0 saturated carbocycles. The summed E-state index contributed by atoms with van der Waals surface area (Å²) in [5, 5.41) is 0. The van der Waals surface area contributed by atoms with Gasteiger partial charge in [-0.05, 0) is 86.9 Å². The molecule has 0 N–H and O–H groups in total. The van der Waals surface area contributed by atoms with Gasteiger partial charge in [0.05, 0.1) is 22.8 Å². The van der Waals surface area contributed by atoms with Gasteiger partial charge in [-0.25, -0.2) is 4.99 Å². The fourth-order valence-electron chi connectivity index (χ4n) is 8.84. The van der Waals surface area contributed by atoms with E-state index < -0.39 is 0 Å². The van der Waals surface area contributed by atoms with E-state index in [1.807, 2.05) is 0 Å². The average molecular weight is 896 g/mol. The maximum absolute atomic E-state index is 5.28. The number of benzene rings is 2. The van der Waals surface area contributed by atoms with Gasteiger partial charge in [0, 0.05) is 16.5 Å². The van der Waals surface area contributed by atoms with Gasteiger partial charge in [0.25, 0.3) is 0 Å². The molecular weight excluding hydrogens is 795 g/mol. The van der Waals surface area contributed by atoms with Crippen LogP contribution in [-0.2, 0) is 29.3 Å². The Morgan fingerprint density at radius 2 is 0.629 bits per heavy atom. The molecule has 0 aromatic heterocycles. The van der Waals surface area contributed by atoms with Gasteiger partial charge in [-0.15, -0.1) is 0 Å². The number of aryl methyl sites for hydroxylation is 2. The van der Waals surface area contributed by atoms with Crippen molar-refractivity contribution in [1.82, 2.24) is 0 Å². The summed E-state index contributed by atoms with van der Waals surface area (Å²) in [6, 6.07) is 18.2. The van der Waals surface area contributed by atoms with Gasteiger partial charge in [-0.2, -0.15) is 0 Å². The molecule has 2 aromatic rings. The first-order valence-corrected chi connectivity index (χ1v) is 27.2. The van der Waals surface area contributed by atoms with Crippen LogP contribution in [0.2, 0.25) is 0 Å². The van der Waals surface area contributed by atoms with Crippen LogP contribution in [0.25, 0.3) is 0 Å². The minimum Gasteiger partial charge on any atom is -0.251 e. The molecule has 0 fully saturated rings. The van der Waals surface area contributed by atoms with Crippen molar-refractivity contribution in [2.24, 2.45) is 9.98 Å². The van der Waals surface area contributed by atoms with Gasteiger partial charge in [-0.3, -0.25) is 4.99 Å². The molecule has 0 saturated heterocycles. The summed E-state index contributed by atoms with van der Waals surface area (Å²) in [6.45, 7) is 9.01. The van der Waals surface area contributed by atoms with Crippen molar-refractivity contribution in [3.63, 3.8) is 0 Å². The number of aliphatic imine (C=N–C) groups is 2. The van der Waals surface area contributed by atoms with Gasteiger partial charge in [-0.1, -0.05) is 263 Å². The smallest absolute Gasteiger partial charge is 0.0848 e. The number of hydrogen-bond acceptors (Lipinski definition) is 2. The SMILES string of the molecule is C\C=C/C(=N\c1ccc(CCCCCCCCCCCCCCCCC)cc1)C(/CCCCCCCC)=N/c1ccc(CCCCCCCCCCCCCCCCC)cc1.[Ni]. The minimum absolute atomic E-state index is 0. The van der Waals surface area contributed by atoms with Crippen molar-refractivity contribution < 1.29 is 16.5 Å². The molecule has 0 spiro atoms. The predicted molar refractivity (Wildman–Crippen MR) is 277 cm³/mol. The quantitative estimate of drug-likeness (QED) is 0.0360. The third kappa shape index (κ3) is 33.5. The van der Waals surface area contributed by atoms with Gasteiger partial charge >= 0.3 is 0 Å². The van der Waals surface area contributed by atoms with Crippen LogP contribution in [0, 0.1) is 0 Å². The first kappa shape index (κ1) is 58.0. The molecule has 0 atom stereocenters. The molecule has 3 heteroatoms. The maximum atomic E-state index is 5.28. The standard InChI is InChI=1S/C59H100N2.Ni/c1-5-9-12-15-18-20-22-24-26-28-30-32-34-36-39-43-54-46-50-56(51-47-54)60-58(42-8-4)59(45-41-38-17-14-11-7-3)61-57-52-48-55(49-53-57)44-40-37-35-33-31-29-27-25-23-21-19-16-13-10-6-2;/h8,42,46-53H,5-7,9-41,43-45H2,1-4H3;/b42-8-,60-58+,61-59+;. The average Bonchev–Trinajstić information content (AvgIpc) is 3.28. The molecule has 62 heavy (non-hydrogen) atoms. The minimum atomic E-state index is 0. The summed E-state index contributed by atoms with van der Waals surface area (Å²) in [7, 11) is 0. The summed E-state index contributed by atoms with van der Waals surface area (Å²) in [5.74, 6) is 0. The summed E-state index contributed by atoms with van der Waals surface area (Å²) >= 11 is 0. The molecule has 0 radical (unpaired) electrons. The Kier molecular flexibility index (Phi) is 41.4. The van der Waals surface area contributed by atoms with Crippen LogP contribution < -0.4 is 0 Å². The largest absolute Gasteiger partial charge is 0.251 e. The second-order valence-corrected chi connectivity index (χ2v) is 18.8. The van der Waals surface area contributed by atoms with Crippen molar-refractivity contribution in [2.45, 2.75) is 278 Å². The summed E-state index contributed by atoms with van der Waals surface area (Å²) < 4.78 is 0. The van der Waals surface area contributed by atoms with Gasteiger partial charge in [0.1, 0.15) is 0 Å². The second kappa shape index (κ2) is 44.2. The van der Waals surface area contributed by atoms with E-state index in [0.717, 1.165) is 35.6 Å². The maximum Gasteiger partial charge on any atom is 0.0848 e. The zero-order valence-electron chi connectivity index (χ0n) is 41.6. The Morgan fingerprint density at radius 1 is 0.355 bits per heavy atom. The fraction of sp³-hybridized carbons (Fsp3) is 0.729. The van der Waals surface area contributed by atoms with Crippen molar-refractivity contribution in [1.29, 1.82) is 0 Å². The summed E-state index contributed by atoms with van der Waals surface area (Å²) in [4.78, 5) is 10.5. The number of allylic oxidation sites excluding steroid dienone is 2. The van der Waals surface area contributed by atoms with Crippen LogP contribution in [0.3, 0.4) is 0 Å². The van der Waals surface area contributed by atoms with E-state index in [2.05, 4.69) is 88.4 Å². The number of hydrogen-bond donors (Lipinski definition) is 0. The van der Waals surface area contributed by atoms with E-state index in [1.54, 1.807) is 0 Å². The van der Waals surface area contributed by atoms with Crippen LogP contribution in [0.4, 0.5) is 11.4 Å². The molecule has 2 rings (SSSR count). The fourth-order valence-corrected chi connectivity index (χ4v) is 8.84. The monoisotopic (exact) mass is 895 g/mol. The molecule has 2 nitrogen and oxygen atoms in total. The summed E-state index contributed by atoms with van der Waals surface area (Å²) in [5.41, 5.74) is 7.09. The Labute approximate surface area is 397 Å². The Bertz CT molecular complexity index is 1320. The third-order valence-corrected chi connectivity index (χ3v) is 12.9. The van der Waals surface area contributed by atoms with Crippen molar-refractivity contribution in [3.8, 4) is 0 Å². The van der Waals surface area contributed by atoms with Gasteiger partial charge in [0.2, 0.25) is 0 Å². The van der Waals surface area contributed by atoms with Gasteiger partial charge in [0.15, 0.2) is 0 Å². The Hall–Kier alpha value is -1.99. The van der Waals surface area contributed by atoms with Crippen molar-refractivity contribution in [3.05, 3.63) is 71.8 Å². The second-order valence-electron chi connectivity index (χ2n) is 18.8.